The van der Waals surface area contributed by atoms with Crippen molar-refractivity contribution in [2.24, 2.45) is 5.92 Å². The Bertz CT molecular complexity index is 1130. The van der Waals surface area contributed by atoms with E-state index in [1.165, 1.54) is 0 Å². The number of hydrogen-bond acceptors (Lipinski definition) is 3. The van der Waals surface area contributed by atoms with Gasteiger partial charge in [-0.15, -0.1) is 0 Å². The lowest BCUT2D eigenvalue weighted by Gasteiger charge is -2.15. The van der Waals surface area contributed by atoms with Crippen LogP contribution in [0.25, 0.3) is 10.9 Å². The Hall–Kier alpha value is -3.61. The molecule has 0 aliphatic carbocycles. The highest BCUT2D eigenvalue weighted by molar-refractivity contribution is 6.11. The summed E-state index contributed by atoms with van der Waals surface area (Å²) in [4.78, 5) is 37.6. The molecule has 1 aliphatic heterocycles. The number of para-hydroxylation sites is 1. The normalized spacial score (nSPS) is 16.0. The molecule has 0 saturated heterocycles. The smallest absolute Gasteiger partial charge is 0.254 e. The number of anilines is 2. The van der Waals surface area contributed by atoms with Crippen LogP contribution in [0, 0.1) is 5.92 Å². The lowest BCUT2D eigenvalue weighted by atomic mass is 10.1. The minimum absolute atomic E-state index is 0.158. The van der Waals surface area contributed by atoms with E-state index in [2.05, 4.69) is 34.4 Å². The maximum absolute atomic E-state index is 12.7. The molecule has 3 amide bonds. The van der Waals surface area contributed by atoms with E-state index in [1.54, 1.807) is 24.3 Å². The first kappa shape index (κ1) is 19.7. The predicted octanol–water partition coefficient (Wildman–Crippen LogP) is 3.38. The van der Waals surface area contributed by atoms with Gasteiger partial charge in [0, 0.05) is 18.1 Å². The lowest BCUT2D eigenvalue weighted by Crippen LogP contribution is -2.43. The van der Waals surface area contributed by atoms with Crippen LogP contribution < -0.4 is 16.0 Å². The molecule has 4 rings (SSSR count). The Kier molecular flexibility index (Phi) is 5.27. The molecule has 0 saturated carbocycles. The van der Waals surface area contributed by atoms with E-state index in [1.807, 2.05) is 30.5 Å². The minimum atomic E-state index is -0.949. The molecule has 1 atom stereocenters. The summed E-state index contributed by atoms with van der Waals surface area (Å²) in [6.45, 7) is 5.19. The van der Waals surface area contributed by atoms with Gasteiger partial charge in [-0.1, -0.05) is 32.0 Å². The topological polar surface area (TPSA) is 92.2 Å². The van der Waals surface area contributed by atoms with E-state index < -0.39 is 11.9 Å². The number of hydrogen-bond donors (Lipinski definition) is 3. The van der Waals surface area contributed by atoms with Crippen LogP contribution in [-0.2, 0) is 16.1 Å². The Morgan fingerprint density at radius 1 is 1.10 bits per heavy atom. The molecule has 1 aromatic heterocycles. The lowest BCUT2D eigenvalue weighted by molar-refractivity contribution is -0.122. The molecule has 7 heteroatoms. The van der Waals surface area contributed by atoms with E-state index >= 15 is 0 Å². The molecule has 0 radical (unpaired) electrons. The molecule has 0 unspecified atom stereocenters. The van der Waals surface area contributed by atoms with Crippen LogP contribution in [0.4, 0.5) is 11.4 Å². The van der Waals surface area contributed by atoms with E-state index in [-0.39, 0.29) is 18.2 Å². The average Bonchev–Trinajstić information content (AvgIpc) is 3.06. The van der Waals surface area contributed by atoms with Gasteiger partial charge in [0.1, 0.15) is 6.04 Å². The van der Waals surface area contributed by atoms with Crippen molar-refractivity contribution in [3.63, 3.8) is 0 Å². The van der Waals surface area contributed by atoms with Gasteiger partial charge in [-0.05, 0) is 36.2 Å². The van der Waals surface area contributed by atoms with Crippen molar-refractivity contribution in [1.82, 2.24) is 9.88 Å². The third-order valence-electron chi connectivity index (χ3n) is 5.09. The summed E-state index contributed by atoms with van der Waals surface area (Å²) >= 11 is 0. The average molecular weight is 404 g/mol. The molecule has 0 bridgehead atoms. The number of carbonyl (C=O) groups is 3. The van der Waals surface area contributed by atoms with Crippen LogP contribution in [0.1, 0.15) is 30.6 Å². The van der Waals surface area contributed by atoms with Crippen molar-refractivity contribution >= 4 is 40.0 Å². The molecule has 154 valence electrons. The molecule has 1 aliphatic rings. The first-order valence-electron chi connectivity index (χ1n) is 10.0. The Balaban J connectivity index is 1.49. The zero-order valence-corrected chi connectivity index (χ0v) is 16.9. The fourth-order valence-corrected chi connectivity index (χ4v) is 3.73. The maximum atomic E-state index is 12.7. The summed E-state index contributed by atoms with van der Waals surface area (Å²) in [5.74, 6) is -0.634. The van der Waals surface area contributed by atoms with Gasteiger partial charge in [0.05, 0.1) is 28.9 Å². The monoisotopic (exact) mass is 404 g/mol. The highest BCUT2D eigenvalue weighted by atomic mass is 16.2. The van der Waals surface area contributed by atoms with Crippen molar-refractivity contribution in [3.05, 3.63) is 60.3 Å². The van der Waals surface area contributed by atoms with E-state index in [0.717, 1.165) is 17.4 Å². The van der Waals surface area contributed by atoms with Gasteiger partial charge in [0.15, 0.2) is 0 Å². The van der Waals surface area contributed by atoms with E-state index in [9.17, 15) is 14.4 Å². The van der Waals surface area contributed by atoms with Crippen LogP contribution in [0.3, 0.4) is 0 Å². The van der Waals surface area contributed by atoms with Crippen LogP contribution >= 0.6 is 0 Å². The number of benzene rings is 2. The molecule has 0 fully saturated rings. The fraction of sp³-hybridized carbons (Fsp3) is 0.261. The summed E-state index contributed by atoms with van der Waals surface area (Å²) in [6.07, 6.45) is 1.85. The summed E-state index contributed by atoms with van der Waals surface area (Å²) < 4.78 is 2.16. The number of carbonyl (C=O) groups excluding carboxylic acids is 3. The summed E-state index contributed by atoms with van der Waals surface area (Å²) in [6, 6.07) is 13.5. The Morgan fingerprint density at radius 3 is 2.70 bits per heavy atom. The zero-order valence-electron chi connectivity index (χ0n) is 16.9. The third-order valence-corrected chi connectivity index (χ3v) is 5.09. The quantitative estimate of drug-likeness (QED) is 0.609. The van der Waals surface area contributed by atoms with Gasteiger partial charge in [-0.2, -0.15) is 0 Å². The molecular formula is C23H24N4O3. The van der Waals surface area contributed by atoms with Crippen molar-refractivity contribution in [2.75, 3.05) is 10.6 Å². The van der Waals surface area contributed by atoms with E-state index in [4.69, 9.17) is 0 Å². The van der Waals surface area contributed by atoms with Crippen molar-refractivity contribution < 1.29 is 14.4 Å². The Morgan fingerprint density at radius 2 is 1.90 bits per heavy atom. The largest absolute Gasteiger partial charge is 0.347 e. The summed E-state index contributed by atoms with van der Waals surface area (Å²) in [5.41, 5.74) is 2.55. The van der Waals surface area contributed by atoms with Crippen molar-refractivity contribution in [3.8, 4) is 0 Å². The van der Waals surface area contributed by atoms with Crippen LogP contribution in [0.2, 0.25) is 0 Å². The van der Waals surface area contributed by atoms with Crippen molar-refractivity contribution in [2.45, 2.75) is 32.9 Å². The summed E-state index contributed by atoms with van der Waals surface area (Å²) in [7, 11) is 0. The molecule has 3 N–H and O–H groups in total. The van der Waals surface area contributed by atoms with Crippen LogP contribution in [0.15, 0.2) is 54.7 Å². The molecule has 2 aromatic carbocycles. The number of nitrogens with one attached hydrogen (secondary N) is 3. The molecular weight excluding hydrogens is 380 g/mol. The second-order valence-corrected chi connectivity index (χ2v) is 7.91. The first-order valence-corrected chi connectivity index (χ1v) is 10.0. The second kappa shape index (κ2) is 8.02. The number of nitrogens with zero attached hydrogens (tertiary/aromatic N) is 1. The zero-order chi connectivity index (χ0) is 21.3. The second-order valence-electron chi connectivity index (χ2n) is 7.91. The first-order chi connectivity index (χ1) is 14.4. The van der Waals surface area contributed by atoms with Crippen LogP contribution in [-0.4, -0.2) is 28.3 Å². The molecule has 30 heavy (non-hydrogen) atoms. The standard InChI is InChI=1S/C23H24N4O3/c1-14(2)13-27-11-10-15-17(8-5-9-20(15)27)24-21(28)12-19-23(30)25-18-7-4-3-6-16(18)22(29)26-19/h3-11,14,19H,12-13H2,1-2H3,(H,24,28)(H,25,30)(H,26,29)/t19-/m1/s1. The van der Waals surface area contributed by atoms with Crippen LogP contribution in [0.5, 0.6) is 0 Å². The highest BCUT2D eigenvalue weighted by Crippen LogP contribution is 2.26. The van der Waals surface area contributed by atoms with Gasteiger partial charge >= 0.3 is 0 Å². The Labute approximate surface area is 174 Å². The predicted molar refractivity (Wildman–Crippen MR) is 116 cm³/mol. The number of aromatic nitrogens is 1. The van der Waals surface area contributed by atoms with E-state index in [0.29, 0.717) is 22.9 Å². The minimum Gasteiger partial charge on any atom is -0.347 e. The van der Waals surface area contributed by atoms with Gasteiger partial charge in [-0.25, -0.2) is 0 Å². The summed E-state index contributed by atoms with van der Waals surface area (Å²) in [5, 5.41) is 9.20. The fourth-order valence-electron chi connectivity index (χ4n) is 3.73. The molecule has 0 spiro atoms. The maximum Gasteiger partial charge on any atom is 0.254 e. The number of fused-ring (bicyclic) bond motifs is 2. The highest BCUT2D eigenvalue weighted by Gasteiger charge is 2.29. The van der Waals surface area contributed by atoms with Gasteiger partial charge < -0.3 is 20.5 Å². The number of amides is 3. The van der Waals surface area contributed by atoms with Gasteiger partial charge in [0.2, 0.25) is 11.8 Å². The molecule has 7 nitrogen and oxygen atoms in total. The van der Waals surface area contributed by atoms with Gasteiger partial charge in [-0.3, -0.25) is 14.4 Å². The third kappa shape index (κ3) is 3.91. The van der Waals surface area contributed by atoms with Gasteiger partial charge in [0.25, 0.3) is 5.91 Å². The molecule has 2 heterocycles. The number of rotatable bonds is 5. The van der Waals surface area contributed by atoms with Crippen molar-refractivity contribution in [1.29, 1.82) is 0 Å². The SMILES string of the molecule is CC(C)Cn1ccc2c(NC(=O)C[C@H]3NC(=O)c4ccccc4NC3=O)cccc21. The molecule has 3 aromatic rings.